The monoisotopic (exact) mass is 289 g/mol. The van der Waals surface area contributed by atoms with Crippen LogP contribution in [0.3, 0.4) is 0 Å². The third kappa shape index (κ3) is 2.32. The van der Waals surface area contributed by atoms with Crippen molar-refractivity contribution in [3.05, 3.63) is 53.1 Å². The van der Waals surface area contributed by atoms with Gasteiger partial charge in [0.15, 0.2) is 5.22 Å². The number of aromatic nitrogens is 2. The topological polar surface area (TPSA) is 43.0 Å². The fraction of sp³-hybridized carbons (Fsp3) is 0.267. The zero-order chi connectivity index (χ0) is 14.1. The van der Waals surface area contributed by atoms with Crippen LogP contribution in [0.5, 0.6) is 0 Å². The molecule has 2 heterocycles. The second-order valence-electron chi connectivity index (χ2n) is 4.77. The van der Waals surface area contributed by atoms with Crippen LogP contribution in [0.2, 0.25) is 5.22 Å². The van der Waals surface area contributed by atoms with Gasteiger partial charge in [-0.2, -0.15) is 5.10 Å². The van der Waals surface area contributed by atoms with Crippen molar-refractivity contribution in [1.82, 2.24) is 15.1 Å². The van der Waals surface area contributed by atoms with Gasteiger partial charge in [0.1, 0.15) is 5.76 Å². The van der Waals surface area contributed by atoms with E-state index in [0.29, 0.717) is 5.22 Å². The summed E-state index contributed by atoms with van der Waals surface area (Å²) in [6.07, 6.45) is 0.752. The van der Waals surface area contributed by atoms with Crippen molar-refractivity contribution in [2.45, 2.75) is 12.5 Å². The predicted octanol–water partition coefficient (Wildman–Crippen LogP) is 3.32. The van der Waals surface area contributed by atoms with Crippen molar-refractivity contribution in [3.8, 4) is 0 Å². The number of hydrogen-bond acceptors (Lipinski definition) is 3. The summed E-state index contributed by atoms with van der Waals surface area (Å²) in [4.78, 5) is 0. The molecule has 0 bridgehead atoms. The maximum absolute atomic E-state index is 5.85. The van der Waals surface area contributed by atoms with Crippen molar-refractivity contribution in [2.24, 2.45) is 7.05 Å². The molecule has 3 aromatic rings. The molecule has 0 amide bonds. The van der Waals surface area contributed by atoms with Gasteiger partial charge < -0.3 is 9.73 Å². The zero-order valence-electron chi connectivity index (χ0n) is 11.4. The quantitative estimate of drug-likeness (QED) is 0.801. The van der Waals surface area contributed by atoms with E-state index in [2.05, 4.69) is 22.5 Å². The first-order chi connectivity index (χ1) is 9.69. The SMILES string of the molecule is CNC(Cc1nn(C)c2ccccc12)c1ccc(Cl)o1. The maximum atomic E-state index is 5.85. The van der Waals surface area contributed by atoms with Gasteiger partial charge in [0, 0.05) is 18.9 Å². The Morgan fingerprint density at radius 3 is 2.80 bits per heavy atom. The lowest BCUT2D eigenvalue weighted by atomic mass is 10.1. The number of halogens is 1. The zero-order valence-corrected chi connectivity index (χ0v) is 12.2. The number of fused-ring (bicyclic) bond motifs is 1. The van der Waals surface area contributed by atoms with Crippen LogP contribution in [0, 0.1) is 0 Å². The number of nitrogens with zero attached hydrogens (tertiary/aromatic N) is 2. The van der Waals surface area contributed by atoms with Crippen LogP contribution < -0.4 is 5.32 Å². The van der Waals surface area contributed by atoms with E-state index >= 15 is 0 Å². The van der Waals surface area contributed by atoms with Gasteiger partial charge in [-0.15, -0.1) is 0 Å². The van der Waals surface area contributed by atoms with Crippen molar-refractivity contribution in [1.29, 1.82) is 0 Å². The van der Waals surface area contributed by atoms with Crippen LogP contribution in [0.25, 0.3) is 10.9 Å². The molecule has 1 unspecified atom stereocenters. The van der Waals surface area contributed by atoms with Crippen molar-refractivity contribution < 1.29 is 4.42 Å². The fourth-order valence-corrected chi connectivity index (χ4v) is 2.65. The Morgan fingerprint density at radius 1 is 1.30 bits per heavy atom. The molecule has 3 rings (SSSR count). The van der Waals surface area contributed by atoms with E-state index in [-0.39, 0.29) is 6.04 Å². The minimum Gasteiger partial charge on any atom is -0.448 e. The molecule has 20 heavy (non-hydrogen) atoms. The molecule has 1 atom stereocenters. The molecule has 0 radical (unpaired) electrons. The third-order valence-corrected chi connectivity index (χ3v) is 3.72. The van der Waals surface area contributed by atoms with Crippen LogP contribution in [0.1, 0.15) is 17.5 Å². The summed E-state index contributed by atoms with van der Waals surface area (Å²) in [5, 5.41) is 9.45. The number of hydrogen-bond donors (Lipinski definition) is 1. The summed E-state index contributed by atoms with van der Waals surface area (Å²) < 4.78 is 7.41. The molecule has 0 aliphatic carbocycles. The number of likely N-dealkylation sites (N-methyl/N-ethyl adjacent to an activating group) is 1. The average molecular weight is 290 g/mol. The van der Waals surface area contributed by atoms with Crippen LogP contribution in [0.4, 0.5) is 0 Å². The first kappa shape index (κ1) is 13.2. The lowest BCUT2D eigenvalue weighted by Gasteiger charge is -2.12. The smallest absolute Gasteiger partial charge is 0.193 e. The Morgan fingerprint density at radius 2 is 2.10 bits per heavy atom. The number of para-hydroxylation sites is 1. The van der Waals surface area contributed by atoms with E-state index in [1.54, 1.807) is 6.07 Å². The molecule has 0 saturated carbocycles. The number of furan rings is 1. The highest BCUT2D eigenvalue weighted by atomic mass is 35.5. The molecule has 1 N–H and O–H groups in total. The highest BCUT2D eigenvalue weighted by Gasteiger charge is 2.18. The van der Waals surface area contributed by atoms with Gasteiger partial charge >= 0.3 is 0 Å². The number of aryl methyl sites for hydroxylation is 1. The molecule has 0 aliphatic rings. The summed E-state index contributed by atoms with van der Waals surface area (Å²) in [7, 11) is 3.87. The normalized spacial score (nSPS) is 12.9. The summed E-state index contributed by atoms with van der Waals surface area (Å²) >= 11 is 5.85. The number of nitrogens with one attached hydrogen (secondary N) is 1. The molecule has 2 aromatic heterocycles. The van der Waals surface area contributed by atoms with Gasteiger partial charge in [0.05, 0.1) is 17.3 Å². The van der Waals surface area contributed by atoms with E-state index in [1.807, 2.05) is 37.0 Å². The van der Waals surface area contributed by atoms with Crippen molar-refractivity contribution in [3.63, 3.8) is 0 Å². The standard InChI is InChI=1S/C15H16ClN3O/c1-17-12(14-7-8-15(16)20-14)9-11-10-5-3-4-6-13(10)19(2)18-11/h3-8,12,17H,9H2,1-2H3. The number of rotatable bonds is 4. The predicted molar refractivity (Wildman–Crippen MR) is 79.9 cm³/mol. The van der Waals surface area contributed by atoms with Gasteiger partial charge in [-0.05, 0) is 36.8 Å². The Labute approximate surface area is 122 Å². The highest BCUT2D eigenvalue weighted by molar-refractivity contribution is 6.28. The van der Waals surface area contributed by atoms with Gasteiger partial charge in [-0.25, -0.2) is 0 Å². The summed E-state index contributed by atoms with van der Waals surface area (Å²) in [6, 6.07) is 11.9. The van der Waals surface area contributed by atoms with E-state index in [0.717, 1.165) is 23.4 Å². The molecule has 0 aliphatic heterocycles. The van der Waals surface area contributed by atoms with E-state index in [1.165, 1.54) is 5.39 Å². The maximum Gasteiger partial charge on any atom is 0.193 e. The molecule has 5 heteroatoms. The van der Waals surface area contributed by atoms with Gasteiger partial charge in [0.25, 0.3) is 0 Å². The molecule has 0 saturated heterocycles. The van der Waals surface area contributed by atoms with Crippen LogP contribution in [0.15, 0.2) is 40.8 Å². The van der Waals surface area contributed by atoms with E-state index in [4.69, 9.17) is 16.0 Å². The molecule has 0 spiro atoms. The van der Waals surface area contributed by atoms with Gasteiger partial charge in [-0.3, -0.25) is 4.68 Å². The third-order valence-electron chi connectivity index (χ3n) is 3.52. The molecular weight excluding hydrogens is 274 g/mol. The fourth-order valence-electron chi connectivity index (χ4n) is 2.49. The Hall–Kier alpha value is -1.78. The second kappa shape index (κ2) is 5.31. The number of benzene rings is 1. The van der Waals surface area contributed by atoms with Crippen LogP contribution in [-0.2, 0) is 13.5 Å². The van der Waals surface area contributed by atoms with Crippen molar-refractivity contribution >= 4 is 22.5 Å². The first-order valence-corrected chi connectivity index (χ1v) is 6.90. The molecule has 1 aromatic carbocycles. The molecule has 0 fully saturated rings. The average Bonchev–Trinajstić information content (AvgIpc) is 3.01. The van der Waals surface area contributed by atoms with Crippen molar-refractivity contribution in [2.75, 3.05) is 7.05 Å². The molecular formula is C15H16ClN3O. The highest BCUT2D eigenvalue weighted by Crippen LogP contribution is 2.26. The van der Waals surface area contributed by atoms with E-state index in [9.17, 15) is 0 Å². The largest absolute Gasteiger partial charge is 0.448 e. The second-order valence-corrected chi connectivity index (χ2v) is 5.15. The Bertz CT molecular complexity index is 732. The minimum absolute atomic E-state index is 0.0563. The molecule has 104 valence electrons. The van der Waals surface area contributed by atoms with Gasteiger partial charge in [-0.1, -0.05) is 18.2 Å². The Kier molecular flexibility index (Phi) is 3.51. The Balaban J connectivity index is 1.95. The lowest BCUT2D eigenvalue weighted by Crippen LogP contribution is -2.18. The summed E-state index contributed by atoms with van der Waals surface area (Å²) in [5.41, 5.74) is 2.19. The van der Waals surface area contributed by atoms with Crippen LogP contribution >= 0.6 is 11.6 Å². The molecule has 4 nitrogen and oxygen atoms in total. The summed E-state index contributed by atoms with van der Waals surface area (Å²) in [6.45, 7) is 0. The first-order valence-electron chi connectivity index (χ1n) is 6.52. The lowest BCUT2D eigenvalue weighted by molar-refractivity contribution is 0.428. The summed E-state index contributed by atoms with van der Waals surface area (Å²) in [5.74, 6) is 0.826. The van der Waals surface area contributed by atoms with Gasteiger partial charge in [0.2, 0.25) is 0 Å². The van der Waals surface area contributed by atoms with Crippen LogP contribution in [-0.4, -0.2) is 16.8 Å². The minimum atomic E-state index is 0.0563. The van der Waals surface area contributed by atoms with E-state index < -0.39 is 0 Å².